The smallest absolute Gasteiger partial charge is 0.335 e. The molecule has 0 amide bonds. The molecule has 0 saturated carbocycles. The zero-order valence-electron chi connectivity index (χ0n) is 10.4. The first-order valence-corrected chi connectivity index (χ1v) is 7.76. The van der Waals surface area contributed by atoms with Crippen LogP contribution >= 0.6 is 0 Å². The Labute approximate surface area is 96.0 Å². The number of nitrogens with one attached hydrogen (secondary N) is 3. The van der Waals surface area contributed by atoms with Crippen molar-refractivity contribution in [2.45, 2.75) is 33.6 Å². The molecule has 92 valence electrons. The maximum atomic E-state index is 5.80. The van der Waals surface area contributed by atoms with E-state index in [0.29, 0.717) is 0 Å². The summed E-state index contributed by atoms with van der Waals surface area (Å²) in [6.07, 6.45) is 2.32. The standard InChI is InChI=1S/C10H27N3OSi/c1-4-7-12-15(13-8-5-2)14-10-9-11-6-3/h11-13,15H,4-10H2,1-3H3. The van der Waals surface area contributed by atoms with Crippen LogP contribution in [0.1, 0.15) is 33.6 Å². The van der Waals surface area contributed by atoms with Gasteiger partial charge in [-0.05, 0) is 32.5 Å². The third-order valence-electron chi connectivity index (χ3n) is 1.97. The fourth-order valence-corrected chi connectivity index (χ4v) is 3.00. The lowest BCUT2D eigenvalue weighted by atomic mass is 10.5. The van der Waals surface area contributed by atoms with Crippen LogP contribution < -0.4 is 15.3 Å². The molecule has 3 N–H and O–H groups in total. The van der Waals surface area contributed by atoms with E-state index in [9.17, 15) is 0 Å². The molecule has 0 spiro atoms. The molecule has 0 fully saturated rings. The summed E-state index contributed by atoms with van der Waals surface area (Å²) in [7, 11) is -1.35. The Kier molecular flexibility index (Phi) is 12.2. The predicted molar refractivity (Wildman–Crippen MR) is 68.2 cm³/mol. The van der Waals surface area contributed by atoms with Gasteiger partial charge in [-0.25, -0.2) is 0 Å². The normalized spacial score (nSPS) is 11.2. The Hall–Kier alpha value is 0.0569. The molecule has 0 aliphatic rings. The van der Waals surface area contributed by atoms with Gasteiger partial charge in [0.1, 0.15) is 0 Å². The van der Waals surface area contributed by atoms with Crippen LogP contribution in [-0.2, 0) is 4.43 Å². The van der Waals surface area contributed by atoms with Gasteiger partial charge in [0.05, 0.1) is 0 Å². The van der Waals surface area contributed by atoms with Crippen molar-refractivity contribution in [1.82, 2.24) is 15.3 Å². The van der Waals surface area contributed by atoms with Gasteiger partial charge >= 0.3 is 9.36 Å². The molecule has 0 aromatic carbocycles. The summed E-state index contributed by atoms with van der Waals surface area (Å²) in [5.74, 6) is 0. The Bertz CT molecular complexity index is 119. The lowest BCUT2D eigenvalue weighted by Gasteiger charge is -2.18. The van der Waals surface area contributed by atoms with E-state index in [1.165, 1.54) is 0 Å². The molecule has 0 aliphatic heterocycles. The highest BCUT2D eigenvalue weighted by Gasteiger charge is 2.09. The zero-order valence-corrected chi connectivity index (χ0v) is 11.6. The van der Waals surface area contributed by atoms with Gasteiger partial charge in [-0.1, -0.05) is 20.8 Å². The SMILES string of the molecule is CCCN[SiH](NCCC)OCCNCC. The van der Waals surface area contributed by atoms with E-state index in [2.05, 4.69) is 36.1 Å². The number of hydrogen-bond acceptors (Lipinski definition) is 4. The molecule has 0 rings (SSSR count). The van der Waals surface area contributed by atoms with Crippen LogP contribution in [0, 0.1) is 0 Å². The summed E-state index contributed by atoms with van der Waals surface area (Å²) in [5, 5.41) is 3.26. The van der Waals surface area contributed by atoms with Crippen LogP contribution in [0.4, 0.5) is 0 Å². The first kappa shape index (κ1) is 15.1. The first-order chi connectivity index (χ1) is 7.35. The molecular weight excluding hydrogens is 206 g/mol. The first-order valence-electron chi connectivity index (χ1n) is 6.14. The molecule has 0 radical (unpaired) electrons. The summed E-state index contributed by atoms with van der Waals surface area (Å²) in [6, 6.07) is 0. The molecule has 4 nitrogen and oxygen atoms in total. The van der Waals surface area contributed by atoms with Gasteiger partial charge in [0, 0.05) is 13.2 Å². The van der Waals surface area contributed by atoms with Gasteiger partial charge < -0.3 is 19.7 Å². The third-order valence-corrected chi connectivity index (χ3v) is 3.86. The highest BCUT2D eigenvalue weighted by atomic mass is 28.3. The van der Waals surface area contributed by atoms with Crippen LogP contribution in [0.25, 0.3) is 0 Å². The van der Waals surface area contributed by atoms with Crippen molar-refractivity contribution in [2.75, 3.05) is 32.8 Å². The van der Waals surface area contributed by atoms with Gasteiger partial charge in [0.15, 0.2) is 0 Å². The van der Waals surface area contributed by atoms with Crippen LogP contribution in [-0.4, -0.2) is 42.1 Å². The largest absolute Gasteiger partial charge is 0.393 e. The quantitative estimate of drug-likeness (QED) is 0.355. The number of hydrogen-bond donors (Lipinski definition) is 3. The van der Waals surface area contributed by atoms with E-state index in [1.54, 1.807) is 0 Å². The minimum atomic E-state index is -1.35. The average Bonchev–Trinajstić information content (AvgIpc) is 2.27. The van der Waals surface area contributed by atoms with Gasteiger partial charge in [-0.2, -0.15) is 0 Å². The summed E-state index contributed by atoms with van der Waals surface area (Å²) < 4.78 is 5.80. The molecule has 0 aromatic rings. The molecule has 0 bridgehead atoms. The number of likely N-dealkylation sites (N-methyl/N-ethyl adjacent to an activating group) is 1. The lowest BCUT2D eigenvalue weighted by molar-refractivity contribution is 0.300. The molecule has 0 heterocycles. The van der Waals surface area contributed by atoms with Gasteiger partial charge in [-0.3, -0.25) is 0 Å². The molecule has 0 saturated heterocycles. The molecule has 0 aromatic heterocycles. The van der Waals surface area contributed by atoms with Crippen molar-refractivity contribution in [2.24, 2.45) is 0 Å². The Morgan fingerprint density at radius 3 is 2.00 bits per heavy atom. The molecule has 5 heteroatoms. The van der Waals surface area contributed by atoms with Crippen LogP contribution in [0.3, 0.4) is 0 Å². The fourth-order valence-electron chi connectivity index (χ4n) is 1.17. The lowest BCUT2D eigenvalue weighted by Crippen LogP contribution is -2.51. The van der Waals surface area contributed by atoms with Gasteiger partial charge in [0.2, 0.25) is 0 Å². The highest BCUT2D eigenvalue weighted by molar-refractivity contribution is 6.45. The molecular formula is C10H27N3OSi. The fraction of sp³-hybridized carbons (Fsp3) is 1.00. The van der Waals surface area contributed by atoms with Crippen LogP contribution in [0.5, 0.6) is 0 Å². The molecule has 15 heavy (non-hydrogen) atoms. The van der Waals surface area contributed by atoms with E-state index in [-0.39, 0.29) is 0 Å². The second-order valence-corrected chi connectivity index (χ2v) is 5.42. The zero-order chi connectivity index (χ0) is 11.4. The molecule has 0 unspecified atom stereocenters. The van der Waals surface area contributed by atoms with Gasteiger partial charge in [-0.15, -0.1) is 0 Å². The second-order valence-electron chi connectivity index (χ2n) is 3.51. The highest BCUT2D eigenvalue weighted by Crippen LogP contribution is 1.81. The Balaban J connectivity index is 3.49. The van der Waals surface area contributed by atoms with Crippen LogP contribution in [0.15, 0.2) is 0 Å². The van der Waals surface area contributed by atoms with E-state index in [4.69, 9.17) is 4.43 Å². The summed E-state index contributed by atoms with van der Waals surface area (Å²) >= 11 is 0. The van der Waals surface area contributed by atoms with Crippen molar-refractivity contribution in [3.63, 3.8) is 0 Å². The van der Waals surface area contributed by atoms with Crippen LogP contribution in [0.2, 0.25) is 0 Å². The minimum absolute atomic E-state index is 0.804. The number of rotatable bonds is 11. The summed E-state index contributed by atoms with van der Waals surface area (Å²) in [4.78, 5) is 6.92. The second kappa shape index (κ2) is 12.1. The summed E-state index contributed by atoms with van der Waals surface area (Å²) in [5.41, 5.74) is 0. The monoisotopic (exact) mass is 233 g/mol. The Morgan fingerprint density at radius 2 is 1.53 bits per heavy atom. The van der Waals surface area contributed by atoms with E-state index in [0.717, 1.165) is 45.6 Å². The van der Waals surface area contributed by atoms with Crippen molar-refractivity contribution in [3.8, 4) is 0 Å². The maximum absolute atomic E-state index is 5.80. The Morgan fingerprint density at radius 1 is 0.933 bits per heavy atom. The van der Waals surface area contributed by atoms with E-state index in [1.807, 2.05) is 0 Å². The summed E-state index contributed by atoms with van der Waals surface area (Å²) in [6.45, 7) is 11.3. The topological polar surface area (TPSA) is 45.3 Å². The van der Waals surface area contributed by atoms with Gasteiger partial charge in [0.25, 0.3) is 0 Å². The van der Waals surface area contributed by atoms with Crippen molar-refractivity contribution < 1.29 is 4.43 Å². The molecule has 0 aliphatic carbocycles. The van der Waals surface area contributed by atoms with E-state index < -0.39 is 9.36 Å². The van der Waals surface area contributed by atoms with Crippen molar-refractivity contribution in [1.29, 1.82) is 0 Å². The minimum Gasteiger partial charge on any atom is -0.393 e. The van der Waals surface area contributed by atoms with E-state index >= 15 is 0 Å². The molecule has 0 atom stereocenters. The van der Waals surface area contributed by atoms with Crippen molar-refractivity contribution in [3.05, 3.63) is 0 Å². The average molecular weight is 233 g/mol. The third kappa shape index (κ3) is 10.3. The predicted octanol–water partition coefficient (Wildman–Crippen LogP) is 0.329. The van der Waals surface area contributed by atoms with Crippen molar-refractivity contribution >= 4 is 9.36 Å². The maximum Gasteiger partial charge on any atom is 0.335 e.